The molecule has 1 fully saturated rings. The van der Waals surface area contributed by atoms with Crippen LogP contribution in [0.15, 0.2) is 77.7 Å². The highest BCUT2D eigenvalue weighted by molar-refractivity contribution is 7.89. The first-order valence-corrected chi connectivity index (χ1v) is 11.9. The van der Waals surface area contributed by atoms with Crippen LogP contribution in [-0.2, 0) is 21.4 Å². The van der Waals surface area contributed by atoms with E-state index in [9.17, 15) is 13.2 Å². The van der Waals surface area contributed by atoms with Gasteiger partial charge >= 0.3 is 0 Å². The quantitative estimate of drug-likeness (QED) is 0.644. The molecule has 162 valence electrons. The van der Waals surface area contributed by atoms with Crippen LogP contribution in [0.1, 0.15) is 12.5 Å². The van der Waals surface area contributed by atoms with Crippen LogP contribution < -0.4 is 5.32 Å². The predicted octanol–water partition coefficient (Wildman–Crippen LogP) is 2.85. The van der Waals surface area contributed by atoms with Gasteiger partial charge in [0.1, 0.15) is 0 Å². The second kappa shape index (κ2) is 9.18. The summed E-state index contributed by atoms with van der Waals surface area (Å²) in [5.74, 6) is -0.0466. The molecule has 1 saturated heterocycles. The van der Waals surface area contributed by atoms with Crippen LogP contribution in [-0.4, -0.2) is 55.8 Å². The fraction of sp³-hybridized carbons (Fsp3) is 0.292. The zero-order chi connectivity index (χ0) is 21.8. The van der Waals surface area contributed by atoms with Crippen molar-refractivity contribution in [3.8, 4) is 0 Å². The van der Waals surface area contributed by atoms with E-state index in [1.54, 1.807) is 12.1 Å². The van der Waals surface area contributed by atoms with Crippen LogP contribution >= 0.6 is 0 Å². The Morgan fingerprint density at radius 2 is 1.55 bits per heavy atom. The van der Waals surface area contributed by atoms with Crippen molar-refractivity contribution in [2.24, 2.45) is 0 Å². The van der Waals surface area contributed by atoms with Crippen LogP contribution in [0.4, 0.5) is 0 Å². The number of nitrogens with one attached hydrogen (secondary N) is 1. The van der Waals surface area contributed by atoms with Gasteiger partial charge in [0.25, 0.3) is 0 Å². The molecule has 1 atom stereocenters. The number of carbonyl (C=O) groups is 1. The first kappa shape index (κ1) is 21.5. The normalized spacial score (nSPS) is 16.8. The first-order chi connectivity index (χ1) is 14.9. The smallest absolute Gasteiger partial charge is 0.243 e. The summed E-state index contributed by atoms with van der Waals surface area (Å²) in [4.78, 5) is 14.9. The minimum atomic E-state index is -3.56. The number of nitrogens with zero attached hydrogens (tertiary/aromatic N) is 2. The molecule has 0 spiro atoms. The summed E-state index contributed by atoms with van der Waals surface area (Å²) in [7, 11) is -3.56. The Morgan fingerprint density at radius 1 is 0.903 bits per heavy atom. The summed E-state index contributed by atoms with van der Waals surface area (Å²) in [6.07, 6.45) is 0. The lowest BCUT2D eigenvalue weighted by atomic mass is 10.1. The van der Waals surface area contributed by atoms with Crippen LogP contribution in [0.3, 0.4) is 0 Å². The van der Waals surface area contributed by atoms with E-state index in [2.05, 4.69) is 5.32 Å². The molecule has 3 aromatic carbocycles. The third kappa shape index (κ3) is 4.79. The van der Waals surface area contributed by atoms with E-state index in [-0.39, 0.29) is 11.9 Å². The lowest BCUT2D eigenvalue weighted by molar-refractivity contribution is -0.126. The van der Waals surface area contributed by atoms with Gasteiger partial charge in [-0.15, -0.1) is 0 Å². The van der Waals surface area contributed by atoms with E-state index < -0.39 is 10.0 Å². The molecule has 7 heteroatoms. The largest absolute Gasteiger partial charge is 0.351 e. The van der Waals surface area contributed by atoms with Crippen molar-refractivity contribution < 1.29 is 13.2 Å². The molecule has 1 aliphatic rings. The van der Waals surface area contributed by atoms with Gasteiger partial charge in [-0.3, -0.25) is 9.69 Å². The molecule has 0 unspecified atom stereocenters. The third-order valence-electron chi connectivity index (χ3n) is 5.87. The Labute approximate surface area is 183 Å². The molecular weight excluding hydrogens is 410 g/mol. The number of piperazine rings is 1. The molecule has 31 heavy (non-hydrogen) atoms. The van der Waals surface area contributed by atoms with Gasteiger partial charge in [-0.2, -0.15) is 4.31 Å². The second-order valence-electron chi connectivity index (χ2n) is 7.83. The van der Waals surface area contributed by atoms with Crippen molar-refractivity contribution in [3.63, 3.8) is 0 Å². The van der Waals surface area contributed by atoms with E-state index in [1.165, 1.54) is 4.31 Å². The Morgan fingerprint density at radius 3 is 2.26 bits per heavy atom. The standard InChI is InChI=1S/C24H27N3O3S/c1-19(24(28)25-18-20-7-3-2-4-8-20)26-13-15-27(16-14-26)31(29,30)23-12-11-21-9-5-6-10-22(21)17-23/h2-12,17,19H,13-16,18H2,1H3,(H,25,28)/t19-/m1/s1. The number of hydrogen-bond donors (Lipinski definition) is 1. The summed E-state index contributed by atoms with van der Waals surface area (Å²) in [6.45, 7) is 4.13. The SMILES string of the molecule is C[C@H](C(=O)NCc1ccccc1)N1CCN(S(=O)(=O)c2ccc3ccccc3c2)CC1. The number of rotatable bonds is 6. The molecule has 1 heterocycles. The van der Waals surface area contributed by atoms with Crippen molar-refractivity contribution >= 4 is 26.7 Å². The average Bonchev–Trinajstić information content (AvgIpc) is 2.82. The van der Waals surface area contributed by atoms with Gasteiger partial charge in [0, 0.05) is 32.7 Å². The maximum absolute atomic E-state index is 13.1. The number of sulfonamides is 1. The number of amides is 1. The predicted molar refractivity (Wildman–Crippen MR) is 122 cm³/mol. The molecule has 4 rings (SSSR count). The molecule has 3 aromatic rings. The minimum Gasteiger partial charge on any atom is -0.351 e. The molecule has 0 aromatic heterocycles. The summed E-state index contributed by atoms with van der Waals surface area (Å²) in [5, 5.41) is 4.89. The maximum atomic E-state index is 13.1. The number of fused-ring (bicyclic) bond motifs is 1. The molecule has 0 radical (unpaired) electrons. The summed E-state index contributed by atoms with van der Waals surface area (Å²) < 4.78 is 27.8. The molecule has 0 aliphatic carbocycles. The average molecular weight is 438 g/mol. The zero-order valence-corrected chi connectivity index (χ0v) is 18.4. The van der Waals surface area contributed by atoms with Crippen LogP contribution in [0.2, 0.25) is 0 Å². The Balaban J connectivity index is 1.36. The Hall–Kier alpha value is -2.74. The second-order valence-corrected chi connectivity index (χ2v) is 9.77. The van der Waals surface area contributed by atoms with Crippen LogP contribution in [0.5, 0.6) is 0 Å². The molecule has 1 amide bonds. The van der Waals surface area contributed by atoms with E-state index >= 15 is 0 Å². The summed E-state index contributed by atoms with van der Waals surface area (Å²) in [5.41, 5.74) is 1.05. The summed E-state index contributed by atoms with van der Waals surface area (Å²) in [6, 6.07) is 22.4. The first-order valence-electron chi connectivity index (χ1n) is 10.5. The van der Waals surface area contributed by atoms with Gasteiger partial charge < -0.3 is 5.32 Å². The summed E-state index contributed by atoms with van der Waals surface area (Å²) >= 11 is 0. The highest BCUT2D eigenvalue weighted by Gasteiger charge is 2.31. The topological polar surface area (TPSA) is 69.7 Å². The monoisotopic (exact) mass is 437 g/mol. The number of hydrogen-bond acceptors (Lipinski definition) is 4. The van der Waals surface area contributed by atoms with Crippen molar-refractivity contribution in [2.75, 3.05) is 26.2 Å². The fourth-order valence-corrected chi connectivity index (χ4v) is 5.36. The van der Waals surface area contributed by atoms with Crippen molar-refractivity contribution in [1.82, 2.24) is 14.5 Å². The number of carbonyl (C=O) groups excluding carboxylic acids is 1. The molecule has 6 nitrogen and oxygen atoms in total. The Bertz CT molecular complexity index is 1160. The lowest BCUT2D eigenvalue weighted by Crippen LogP contribution is -2.54. The highest BCUT2D eigenvalue weighted by atomic mass is 32.2. The van der Waals surface area contributed by atoms with Gasteiger partial charge in [-0.05, 0) is 35.4 Å². The minimum absolute atomic E-state index is 0.0466. The highest BCUT2D eigenvalue weighted by Crippen LogP contribution is 2.23. The van der Waals surface area contributed by atoms with Gasteiger partial charge in [0.15, 0.2) is 0 Å². The van der Waals surface area contributed by atoms with E-state index in [4.69, 9.17) is 0 Å². The molecular formula is C24H27N3O3S. The molecule has 1 aliphatic heterocycles. The van der Waals surface area contributed by atoms with Crippen LogP contribution in [0.25, 0.3) is 10.8 Å². The van der Waals surface area contributed by atoms with Gasteiger partial charge in [0.2, 0.25) is 15.9 Å². The van der Waals surface area contributed by atoms with Gasteiger partial charge in [0.05, 0.1) is 10.9 Å². The molecule has 0 bridgehead atoms. The van der Waals surface area contributed by atoms with E-state index in [1.807, 2.05) is 72.5 Å². The zero-order valence-electron chi connectivity index (χ0n) is 17.6. The van der Waals surface area contributed by atoms with Crippen LogP contribution in [0, 0.1) is 0 Å². The van der Waals surface area contributed by atoms with Crippen molar-refractivity contribution in [1.29, 1.82) is 0 Å². The molecule has 1 N–H and O–H groups in total. The van der Waals surface area contributed by atoms with Gasteiger partial charge in [-0.1, -0.05) is 60.7 Å². The number of benzene rings is 3. The third-order valence-corrected chi connectivity index (χ3v) is 7.76. The fourth-order valence-electron chi connectivity index (χ4n) is 3.91. The van der Waals surface area contributed by atoms with E-state index in [0.717, 1.165) is 16.3 Å². The van der Waals surface area contributed by atoms with Gasteiger partial charge in [-0.25, -0.2) is 8.42 Å². The maximum Gasteiger partial charge on any atom is 0.243 e. The van der Waals surface area contributed by atoms with Crippen molar-refractivity contribution in [3.05, 3.63) is 78.4 Å². The molecule has 0 saturated carbocycles. The van der Waals surface area contributed by atoms with Crippen molar-refractivity contribution in [2.45, 2.75) is 24.4 Å². The Kier molecular flexibility index (Phi) is 6.36. The lowest BCUT2D eigenvalue weighted by Gasteiger charge is -2.36. The van der Waals surface area contributed by atoms with E-state index in [0.29, 0.717) is 37.6 Å².